The third-order valence-electron chi connectivity index (χ3n) is 3.16. The van der Waals surface area contributed by atoms with E-state index in [0.717, 1.165) is 11.4 Å². The lowest BCUT2D eigenvalue weighted by Gasteiger charge is -2.08. The highest BCUT2D eigenvalue weighted by Gasteiger charge is 2.08. The molecule has 1 amide bonds. The van der Waals surface area contributed by atoms with E-state index in [-0.39, 0.29) is 5.91 Å². The first-order chi connectivity index (χ1) is 10.2. The number of imidazole rings is 1. The quantitative estimate of drug-likeness (QED) is 0.801. The van der Waals surface area contributed by atoms with E-state index in [1.165, 1.54) is 0 Å². The second-order valence-corrected chi connectivity index (χ2v) is 4.64. The summed E-state index contributed by atoms with van der Waals surface area (Å²) in [6.07, 6.45) is 6.81. The molecule has 2 aromatic heterocycles. The molecule has 0 aliphatic carbocycles. The van der Waals surface area contributed by atoms with Gasteiger partial charge in [-0.3, -0.25) is 9.36 Å². The van der Waals surface area contributed by atoms with Crippen LogP contribution in [-0.4, -0.2) is 20.4 Å². The van der Waals surface area contributed by atoms with Crippen molar-refractivity contribution in [2.75, 3.05) is 5.32 Å². The number of nitrogens with zero attached hydrogens (tertiary/aromatic N) is 3. The number of hydrogen-bond donors (Lipinski definition) is 1. The second-order valence-electron chi connectivity index (χ2n) is 4.64. The summed E-state index contributed by atoms with van der Waals surface area (Å²) in [5.41, 5.74) is 2.27. The number of nitrogens with one attached hydrogen (secondary N) is 1. The van der Waals surface area contributed by atoms with Crippen molar-refractivity contribution in [1.82, 2.24) is 14.5 Å². The first-order valence-electron chi connectivity index (χ1n) is 6.55. The van der Waals surface area contributed by atoms with Crippen LogP contribution in [0.3, 0.4) is 0 Å². The Hall–Kier alpha value is -2.95. The third-order valence-corrected chi connectivity index (χ3v) is 3.16. The van der Waals surface area contributed by atoms with E-state index >= 15 is 0 Å². The van der Waals surface area contributed by atoms with Gasteiger partial charge in [-0.1, -0.05) is 18.2 Å². The number of rotatable bonds is 3. The van der Waals surface area contributed by atoms with E-state index in [9.17, 15) is 4.79 Å². The molecule has 1 aromatic carbocycles. The van der Waals surface area contributed by atoms with Crippen LogP contribution in [0.15, 0.2) is 61.3 Å². The van der Waals surface area contributed by atoms with Crippen LogP contribution in [-0.2, 0) is 0 Å². The molecule has 0 aliphatic heterocycles. The van der Waals surface area contributed by atoms with Crippen molar-refractivity contribution < 1.29 is 4.79 Å². The highest BCUT2D eigenvalue weighted by atomic mass is 16.1. The van der Waals surface area contributed by atoms with E-state index < -0.39 is 0 Å². The Morgan fingerprint density at radius 1 is 1.19 bits per heavy atom. The van der Waals surface area contributed by atoms with Gasteiger partial charge in [0.25, 0.3) is 5.91 Å². The largest absolute Gasteiger partial charge is 0.321 e. The van der Waals surface area contributed by atoms with Crippen molar-refractivity contribution in [3.8, 4) is 5.82 Å². The van der Waals surface area contributed by atoms with Gasteiger partial charge in [-0.15, -0.1) is 0 Å². The number of amides is 1. The summed E-state index contributed by atoms with van der Waals surface area (Å²) < 4.78 is 1.80. The van der Waals surface area contributed by atoms with Crippen LogP contribution < -0.4 is 5.32 Å². The SMILES string of the molecule is Cc1ccccc1C(=O)Nc1ccc(-n2ccnc2)nc1. The van der Waals surface area contributed by atoms with Crippen molar-refractivity contribution >= 4 is 11.6 Å². The predicted octanol–water partition coefficient (Wildman–Crippen LogP) is 2.83. The summed E-state index contributed by atoms with van der Waals surface area (Å²) in [5.74, 6) is 0.617. The molecule has 21 heavy (non-hydrogen) atoms. The van der Waals surface area contributed by atoms with Crippen molar-refractivity contribution in [3.63, 3.8) is 0 Å². The maximum absolute atomic E-state index is 12.2. The van der Waals surface area contributed by atoms with Gasteiger partial charge in [0, 0.05) is 18.0 Å². The molecule has 3 rings (SSSR count). The molecule has 0 atom stereocenters. The number of anilines is 1. The Bertz CT molecular complexity index is 748. The van der Waals surface area contributed by atoms with Crippen molar-refractivity contribution in [2.24, 2.45) is 0 Å². The molecular weight excluding hydrogens is 264 g/mol. The summed E-state index contributed by atoms with van der Waals surface area (Å²) in [4.78, 5) is 20.5. The van der Waals surface area contributed by atoms with Gasteiger partial charge in [0.15, 0.2) is 0 Å². The summed E-state index contributed by atoms with van der Waals surface area (Å²) in [6.45, 7) is 1.91. The molecule has 1 N–H and O–H groups in total. The van der Waals surface area contributed by atoms with E-state index in [0.29, 0.717) is 11.3 Å². The predicted molar refractivity (Wildman–Crippen MR) is 80.5 cm³/mol. The smallest absolute Gasteiger partial charge is 0.255 e. The van der Waals surface area contributed by atoms with Crippen molar-refractivity contribution in [3.05, 3.63) is 72.4 Å². The third kappa shape index (κ3) is 2.81. The van der Waals surface area contributed by atoms with E-state index in [4.69, 9.17) is 0 Å². The van der Waals surface area contributed by atoms with Gasteiger partial charge in [0.2, 0.25) is 0 Å². The molecule has 0 saturated carbocycles. The monoisotopic (exact) mass is 278 g/mol. The molecule has 0 fully saturated rings. The molecule has 0 saturated heterocycles. The fourth-order valence-electron chi connectivity index (χ4n) is 2.03. The summed E-state index contributed by atoms with van der Waals surface area (Å²) in [6, 6.07) is 11.1. The average Bonchev–Trinajstić information content (AvgIpc) is 3.02. The number of pyridine rings is 1. The molecule has 0 aliphatic rings. The number of aryl methyl sites for hydroxylation is 1. The molecular formula is C16H14N4O. The van der Waals surface area contributed by atoms with Crippen molar-refractivity contribution in [2.45, 2.75) is 6.92 Å². The minimum absolute atomic E-state index is 0.134. The van der Waals surface area contributed by atoms with Gasteiger partial charge in [0.05, 0.1) is 11.9 Å². The van der Waals surface area contributed by atoms with Crippen LogP contribution in [0.4, 0.5) is 5.69 Å². The lowest BCUT2D eigenvalue weighted by Crippen LogP contribution is -2.13. The van der Waals surface area contributed by atoms with Gasteiger partial charge < -0.3 is 5.32 Å². The zero-order chi connectivity index (χ0) is 14.7. The van der Waals surface area contributed by atoms with E-state index in [2.05, 4.69) is 15.3 Å². The zero-order valence-corrected chi connectivity index (χ0v) is 11.5. The topological polar surface area (TPSA) is 59.8 Å². The highest BCUT2D eigenvalue weighted by Crippen LogP contribution is 2.13. The standard InChI is InChI=1S/C16H14N4O/c1-12-4-2-3-5-14(12)16(21)19-13-6-7-15(18-10-13)20-9-8-17-11-20/h2-11H,1H3,(H,19,21). The Balaban J connectivity index is 1.77. The molecule has 5 heteroatoms. The summed E-state index contributed by atoms with van der Waals surface area (Å²) >= 11 is 0. The maximum Gasteiger partial charge on any atom is 0.255 e. The zero-order valence-electron chi connectivity index (χ0n) is 11.5. The van der Waals surface area contributed by atoms with E-state index in [1.807, 2.05) is 43.5 Å². The minimum Gasteiger partial charge on any atom is -0.321 e. The van der Waals surface area contributed by atoms with Gasteiger partial charge in [-0.05, 0) is 30.7 Å². The molecule has 2 heterocycles. The van der Waals surface area contributed by atoms with Gasteiger partial charge in [-0.25, -0.2) is 9.97 Å². The number of carbonyl (C=O) groups is 1. The lowest BCUT2D eigenvalue weighted by atomic mass is 10.1. The second kappa shape index (κ2) is 5.58. The molecule has 5 nitrogen and oxygen atoms in total. The Morgan fingerprint density at radius 3 is 2.71 bits per heavy atom. The first kappa shape index (κ1) is 13.1. The molecule has 3 aromatic rings. The number of carbonyl (C=O) groups excluding carboxylic acids is 1. The van der Waals surface area contributed by atoms with Gasteiger partial charge in [0.1, 0.15) is 12.1 Å². The number of hydrogen-bond acceptors (Lipinski definition) is 3. The molecule has 0 radical (unpaired) electrons. The van der Waals surface area contributed by atoms with Crippen LogP contribution in [0.25, 0.3) is 5.82 Å². The molecule has 0 spiro atoms. The molecule has 0 bridgehead atoms. The Labute approximate surface area is 122 Å². The molecule has 104 valence electrons. The summed E-state index contributed by atoms with van der Waals surface area (Å²) in [5, 5.41) is 2.85. The van der Waals surface area contributed by atoms with Gasteiger partial charge >= 0.3 is 0 Å². The summed E-state index contributed by atoms with van der Waals surface area (Å²) in [7, 11) is 0. The first-order valence-corrected chi connectivity index (χ1v) is 6.55. The Morgan fingerprint density at radius 2 is 2.05 bits per heavy atom. The lowest BCUT2D eigenvalue weighted by molar-refractivity contribution is 0.102. The maximum atomic E-state index is 12.2. The van der Waals surface area contributed by atoms with Crippen LogP contribution in [0.5, 0.6) is 0 Å². The van der Waals surface area contributed by atoms with Crippen LogP contribution in [0.1, 0.15) is 15.9 Å². The van der Waals surface area contributed by atoms with Crippen LogP contribution >= 0.6 is 0 Å². The average molecular weight is 278 g/mol. The normalized spacial score (nSPS) is 10.3. The van der Waals surface area contributed by atoms with Gasteiger partial charge in [-0.2, -0.15) is 0 Å². The number of aromatic nitrogens is 3. The minimum atomic E-state index is -0.134. The molecule has 0 unspecified atom stereocenters. The Kier molecular flexibility index (Phi) is 3.47. The van der Waals surface area contributed by atoms with E-state index in [1.54, 1.807) is 29.4 Å². The fourth-order valence-corrected chi connectivity index (χ4v) is 2.03. The number of benzene rings is 1. The highest BCUT2D eigenvalue weighted by molar-refractivity contribution is 6.05. The van der Waals surface area contributed by atoms with Crippen LogP contribution in [0, 0.1) is 6.92 Å². The van der Waals surface area contributed by atoms with Crippen LogP contribution in [0.2, 0.25) is 0 Å². The van der Waals surface area contributed by atoms with Crippen molar-refractivity contribution in [1.29, 1.82) is 0 Å². The fraction of sp³-hybridized carbons (Fsp3) is 0.0625.